The highest BCUT2D eigenvalue weighted by Crippen LogP contribution is 2.14. The molecule has 0 saturated heterocycles. The van der Waals surface area contributed by atoms with Crippen molar-refractivity contribution in [2.24, 2.45) is 7.05 Å². The highest BCUT2D eigenvalue weighted by molar-refractivity contribution is 7.99. The van der Waals surface area contributed by atoms with Gasteiger partial charge in [-0.15, -0.1) is 10.2 Å². The molecule has 0 aliphatic rings. The molecule has 1 aromatic rings. The maximum Gasteiger partial charge on any atom is 0.191 e. The second kappa shape index (κ2) is 3.71. The Morgan fingerprint density at radius 1 is 1.58 bits per heavy atom. The summed E-state index contributed by atoms with van der Waals surface area (Å²) in [6.45, 7) is 3.45. The van der Waals surface area contributed by atoms with Crippen molar-refractivity contribution in [3.8, 4) is 0 Å². The lowest BCUT2D eigenvalue weighted by Gasteiger charge is -1.97. The molecule has 0 aromatic carbocycles. The van der Waals surface area contributed by atoms with E-state index in [9.17, 15) is 4.79 Å². The molecule has 0 aliphatic heterocycles. The van der Waals surface area contributed by atoms with Crippen molar-refractivity contribution in [2.45, 2.75) is 19.0 Å². The number of carbonyl (C=O) groups is 1. The summed E-state index contributed by atoms with van der Waals surface area (Å²) in [6.07, 6.45) is 0. The lowest BCUT2D eigenvalue weighted by molar-refractivity contribution is -0.114. The molecule has 0 bridgehead atoms. The van der Waals surface area contributed by atoms with Crippen molar-refractivity contribution in [3.63, 3.8) is 0 Å². The summed E-state index contributed by atoms with van der Waals surface area (Å²) >= 11 is 1.42. The molecule has 0 unspecified atom stereocenters. The van der Waals surface area contributed by atoms with E-state index < -0.39 is 0 Å². The Kier molecular flexibility index (Phi) is 2.86. The van der Waals surface area contributed by atoms with Crippen LogP contribution in [0.15, 0.2) is 5.16 Å². The number of aryl methyl sites for hydroxylation is 1. The van der Waals surface area contributed by atoms with Gasteiger partial charge in [-0.1, -0.05) is 11.8 Å². The number of Topliss-reactive ketones (excluding diaryl/α,β-unsaturated/α-hetero) is 1. The zero-order valence-corrected chi connectivity index (χ0v) is 8.18. The normalized spacial score (nSPS) is 10.2. The maximum atomic E-state index is 10.7. The van der Waals surface area contributed by atoms with Gasteiger partial charge in [-0.3, -0.25) is 4.79 Å². The summed E-state index contributed by atoms with van der Waals surface area (Å²) in [6, 6.07) is 0. The van der Waals surface area contributed by atoms with Crippen LogP contribution in [0.4, 0.5) is 0 Å². The highest BCUT2D eigenvalue weighted by atomic mass is 32.2. The Morgan fingerprint density at radius 3 is 2.67 bits per heavy atom. The van der Waals surface area contributed by atoms with Gasteiger partial charge in [-0.2, -0.15) is 0 Å². The van der Waals surface area contributed by atoms with E-state index in [2.05, 4.69) is 10.2 Å². The first-order chi connectivity index (χ1) is 5.61. The monoisotopic (exact) mass is 185 g/mol. The second-order valence-corrected chi connectivity index (χ2v) is 3.52. The van der Waals surface area contributed by atoms with Gasteiger partial charge in [0.05, 0.1) is 5.75 Å². The number of ketones is 1. The van der Waals surface area contributed by atoms with Gasteiger partial charge in [0.25, 0.3) is 0 Å². The fourth-order valence-corrected chi connectivity index (χ4v) is 1.44. The van der Waals surface area contributed by atoms with Crippen molar-refractivity contribution >= 4 is 17.5 Å². The summed E-state index contributed by atoms with van der Waals surface area (Å²) in [5.74, 6) is 1.48. The van der Waals surface area contributed by atoms with Gasteiger partial charge < -0.3 is 4.57 Å². The van der Waals surface area contributed by atoms with Crippen LogP contribution in [0.1, 0.15) is 12.7 Å². The minimum absolute atomic E-state index is 0.153. The molecule has 0 aliphatic carbocycles. The van der Waals surface area contributed by atoms with E-state index in [4.69, 9.17) is 0 Å². The van der Waals surface area contributed by atoms with Crippen LogP contribution in [0, 0.1) is 6.92 Å². The number of hydrogen-bond donors (Lipinski definition) is 0. The molecule has 4 nitrogen and oxygen atoms in total. The molecule has 66 valence electrons. The topological polar surface area (TPSA) is 47.8 Å². The van der Waals surface area contributed by atoms with Gasteiger partial charge in [0.15, 0.2) is 5.16 Å². The third-order valence-electron chi connectivity index (χ3n) is 1.46. The average molecular weight is 185 g/mol. The van der Waals surface area contributed by atoms with Gasteiger partial charge >= 0.3 is 0 Å². The number of rotatable bonds is 3. The Labute approximate surface area is 75.4 Å². The number of carbonyl (C=O) groups excluding carboxylic acids is 1. The fourth-order valence-electron chi connectivity index (χ4n) is 0.680. The van der Waals surface area contributed by atoms with Crippen LogP contribution in [0.2, 0.25) is 0 Å². The van der Waals surface area contributed by atoms with E-state index in [1.165, 1.54) is 11.8 Å². The molecular formula is C7H11N3OS. The van der Waals surface area contributed by atoms with Crippen LogP contribution >= 0.6 is 11.8 Å². The van der Waals surface area contributed by atoms with Gasteiger partial charge in [-0.05, 0) is 13.8 Å². The minimum atomic E-state index is 0.153. The summed E-state index contributed by atoms with van der Waals surface area (Å²) in [7, 11) is 1.89. The molecule has 0 amide bonds. The zero-order chi connectivity index (χ0) is 9.14. The lowest BCUT2D eigenvalue weighted by atomic mass is 10.5. The molecule has 0 fully saturated rings. The van der Waals surface area contributed by atoms with E-state index in [0.717, 1.165) is 11.0 Å². The van der Waals surface area contributed by atoms with Gasteiger partial charge in [0.2, 0.25) is 0 Å². The molecule has 0 atom stereocenters. The van der Waals surface area contributed by atoms with Crippen molar-refractivity contribution in [1.29, 1.82) is 0 Å². The van der Waals surface area contributed by atoms with Gasteiger partial charge in [-0.25, -0.2) is 0 Å². The van der Waals surface area contributed by atoms with Gasteiger partial charge in [0, 0.05) is 7.05 Å². The van der Waals surface area contributed by atoms with Crippen molar-refractivity contribution < 1.29 is 4.79 Å². The number of aromatic nitrogens is 3. The first kappa shape index (κ1) is 9.25. The molecule has 1 rings (SSSR count). The first-order valence-corrected chi connectivity index (χ1v) is 4.58. The maximum absolute atomic E-state index is 10.7. The molecule has 0 radical (unpaired) electrons. The fraction of sp³-hybridized carbons (Fsp3) is 0.571. The third-order valence-corrected chi connectivity index (χ3v) is 2.62. The lowest BCUT2D eigenvalue weighted by Crippen LogP contribution is -1.98. The Morgan fingerprint density at radius 2 is 2.25 bits per heavy atom. The SMILES string of the molecule is CC(=O)CSc1nnc(C)n1C. The molecule has 0 saturated carbocycles. The molecular weight excluding hydrogens is 174 g/mol. The quantitative estimate of drug-likeness (QED) is 0.654. The number of hydrogen-bond acceptors (Lipinski definition) is 4. The smallest absolute Gasteiger partial charge is 0.191 e. The first-order valence-electron chi connectivity index (χ1n) is 3.59. The van der Waals surface area contributed by atoms with Crippen LogP contribution < -0.4 is 0 Å². The van der Waals surface area contributed by atoms with Gasteiger partial charge in [0.1, 0.15) is 11.6 Å². The molecule has 0 N–H and O–H groups in total. The second-order valence-electron chi connectivity index (χ2n) is 2.58. The Hall–Kier alpha value is -0.840. The molecule has 1 aromatic heterocycles. The Bertz CT molecular complexity index is 295. The standard InChI is InChI=1S/C7H11N3OS/c1-5(11)4-12-7-9-8-6(2)10(7)3/h4H2,1-3H3. The highest BCUT2D eigenvalue weighted by Gasteiger charge is 2.05. The molecule has 0 spiro atoms. The van der Waals surface area contributed by atoms with E-state index in [-0.39, 0.29) is 5.78 Å². The molecule has 12 heavy (non-hydrogen) atoms. The van der Waals surface area contributed by atoms with E-state index in [0.29, 0.717) is 5.75 Å². The van der Waals surface area contributed by atoms with Crippen LogP contribution in [-0.2, 0) is 11.8 Å². The predicted molar refractivity (Wildman–Crippen MR) is 47.1 cm³/mol. The van der Waals surface area contributed by atoms with E-state index in [1.54, 1.807) is 6.92 Å². The van der Waals surface area contributed by atoms with Crippen LogP contribution in [-0.4, -0.2) is 26.3 Å². The third kappa shape index (κ3) is 2.07. The Balaban J connectivity index is 2.63. The molecule has 1 heterocycles. The average Bonchev–Trinajstić information content (AvgIpc) is 2.30. The van der Waals surface area contributed by atoms with Crippen molar-refractivity contribution in [1.82, 2.24) is 14.8 Å². The minimum Gasteiger partial charge on any atom is -0.309 e. The zero-order valence-electron chi connectivity index (χ0n) is 7.37. The van der Waals surface area contributed by atoms with E-state index in [1.807, 2.05) is 18.5 Å². The molecule has 5 heteroatoms. The number of nitrogens with zero attached hydrogens (tertiary/aromatic N) is 3. The van der Waals surface area contributed by atoms with Crippen molar-refractivity contribution in [2.75, 3.05) is 5.75 Å². The summed E-state index contributed by atoms with van der Waals surface area (Å²) in [5, 5.41) is 8.58. The largest absolute Gasteiger partial charge is 0.309 e. The van der Waals surface area contributed by atoms with E-state index >= 15 is 0 Å². The van der Waals surface area contributed by atoms with Crippen molar-refractivity contribution in [3.05, 3.63) is 5.82 Å². The van der Waals surface area contributed by atoms with Crippen LogP contribution in [0.3, 0.4) is 0 Å². The summed E-state index contributed by atoms with van der Waals surface area (Å²) in [4.78, 5) is 10.7. The predicted octanol–water partition coefficient (Wildman–Crippen LogP) is 0.805. The van der Waals surface area contributed by atoms with Crippen LogP contribution in [0.25, 0.3) is 0 Å². The summed E-state index contributed by atoms with van der Waals surface area (Å²) in [5.41, 5.74) is 0. The van der Waals surface area contributed by atoms with Crippen LogP contribution in [0.5, 0.6) is 0 Å². The number of thioether (sulfide) groups is 1. The summed E-state index contributed by atoms with van der Waals surface area (Å²) < 4.78 is 1.87.